The summed E-state index contributed by atoms with van der Waals surface area (Å²) in [4.78, 5) is 15.5. The van der Waals surface area contributed by atoms with Crippen LogP contribution in [0.3, 0.4) is 0 Å². The molecule has 1 saturated heterocycles. The molecule has 0 bridgehead atoms. The van der Waals surface area contributed by atoms with Gasteiger partial charge in [0.1, 0.15) is 11.9 Å². The molecule has 34 heavy (non-hydrogen) atoms. The van der Waals surface area contributed by atoms with Crippen LogP contribution in [0, 0.1) is 5.82 Å². The monoisotopic (exact) mass is 457 g/mol. The van der Waals surface area contributed by atoms with Gasteiger partial charge >= 0.3 is 0 Å². The molecule has 1 atom stereocenters. The average Bonchev–Trinajstić information content (AvgIpc) is 3.52. The van der Waals surface area contributed by atoms with Crippen LogP contribution in [0.1, 0.15) is 48.4 Å². The number of carbonyl (C=O) groups excluding carboxylic acids is 1. The lowest BCUT2D eigenvalue weighted by atomic mass is 9.98. The first-order chi connectivity index (χ1) is 16.7. The summed E-state index contributed by atoms with van der Waals surface area (Å²) in [6, 6.07) is 23.1. The van der Waals surface area contributed by atoms with Gasteiger partial charge in [0.2, 0.25) is 5.91 Å². The van der Waals surface area contributed by atoms with E-state index in [0.29, 0.717) is 6.54 Å². The van der Waals surface area contributed by atoms with Gasteiger partial charge in [0.05, 0.1) is 0 Å². The zero-order chi connectivity index (χ0) is 23.3. The van der Waals surface area contributed by atoms with Crippen molar-refractivity contribution in [3.8, 4) is 11.1 Å². The van der Waals surface area contributed by atoms with Crippen molar-refractivity contribution >= 4 is 5.91 Å². The van der Waals surface area contributed by atoms with E-state index in [1.54, 1.807) is 12.1 Å². The van der Waals surface area contributed by atoms with Crippen LogP contribution >= 0.6 is 0 Å². The van der Waals surface area contributed by atoms with Crippen molar-refractivity contribution in [2.24, 2.45) is 0 Å². The molecule has 2 fully saturated rings. The van der Waals surface area contributed by atoms with Gasteiger partial charge in [-0.25, -0.2) is 4.39 Å². The largest absolute Gasteiger partial charge is 0.352 e. The predicted octanol–water partition coefficient (Wildman–Crippen LogP) is 5.20. The van der Waals surface area contributed by atoms with Gasteiger partial charge in [-0.3, -0.25) is 15.0 Å². The van der Waals surface area contributed by atoms with Crippen LogP contribution in [0.5, 0.6) is 0 Å². The van der Waals surface area contributed by atoms with E-state index in [9.17, 15) is 9.18 Å². The maximum atomic E-state index is 13.5. The fraction of sp³-hybridized carbons (Fsp3) is 0.345. The fourth-order valence-electron chi connectivity index (χ4n) is 4.69. The molecule has 2 N–H and O–H groups in total. The van der Waals surface area contributed by atoms with Crippen molar-refractivity contribution in [2.75, 3.05) is 13.1 Å². The second kappa shape index (κ2) is 10.5. The number of nitrogens with zero attached hydrogens (tertiary/aromatic N) is 1. The zero-order valence-corrected chi connectivity index (χ0v) is 19.5. The Balaban J connectivity index is 1.31. The molecule has 5 heteroatoms. The third-order valence-electron chi connectivity index (χ3n) is 6.77. The molecule has 0 spiro atoms. The van der Waals surface area contributed by atoms with E-state index >= 15 is 0 Å². The summed E-state index contributed by atoms with van der Waals surface area (Å²) in [6.45, 7) is 3.93. The molecule has 1 aliphatic carbocycles. The first kappa shape index (κ1) is 22.8. The van der Waals surface area contributed by atoms with Gasteiger partial charge in [0, 0.05) is 19.1 Å². The summed E-state index contributed by atoms with van der Waals surface area (Å²) < 4.78 is 13.5. The zero-order valence-electron chi connectivity index (χ0n) is 19.5. The Hall–Kier alpha value is -3.02. The Morgan fingerprint density at radius 3 is 2.35 bits per heavy atom. The van der Waals surface area contributed by atoms with Gasteiger partial charge in [0.25, 0.3) is 0 Å². The van der Waals surface area contributed by atoms with Crippen LogP contribution in [0.25, 0.3) is 11.1 Å². The predicted molar refractivity (Wildman–Crippen MR) is 134 cm³/mol. The van der Waals surface area contributed by atoms with Crippen molar-refractivity contribution in [2.45, 2.75) is 50.9 Å². The molecule has 2 aliphatic rings. The molecule has 4 nitrogen and oxygen atoms in total. The highest BCUT2D eigenvalue weighted by Gasteiger charge is 2.28. The minimum Gasteiger partial charge on any atom is -0.352 e. The van der Waals surface area contributed by atoms with Crippen LogP contribution < -0.4 is 10.6 Å². The molecule has 1 aliphatic heterocycles. The van der Waals surface area contributed by atoms with Crippen LogP contribution in [-0.2, 0) is 17.9 Å². The lowest BCUT2D eigenvalue weighted by molar-refractivity contribution is -0.123. The van der Waals surface area contributed by atoms with Crippen molar-refractivity contribution in [1.29, 1.82) is 0 Å². The second-order valence-electron chi connectivity index (χ2n) is 9.49. The van der Waals surface area contributed by atoms with Crippen LogP contribution in [-0.4, -0.2) is 29.9 Å². The number of carbonyl (C=O) groups is 1. The number of hydrogen-bond donors (Lipinski definition) is 2. The number of rotatable bonds is 9. The Bertz CT molecular complexity index is 1100. The van der Waals surface area contributed by atoms with Gasteiger partial charge in [-0.1, -0.05) is 60.7 Å². The third-order valence-corrected chi connectivity index (χ3v) is 6.77. The summed E-state index contributed by atoms with van der Waals surface area (Å²) in [7, 11) is 0. The maximum absolute atomic E-state index is 13.5. The number of nitrogens with one attached hydrogen (secondary N) is 2. The summed E-state index contributed by atoms with van der Waals surface area (Å²) >= 11 is 0. The van der Waals surface area contributed by atoms with Crippen molar-refractivity contribution < 1.29 is 9.18 Å². The average molecular weight is 458 g/mol. The number of amides is 1. The summed E-state index contributed by atoms with van der Waals surface area (Å²) in [6.07, 6.45) is 4.66. The Morgan fingerprint density at radius 1 is 0.941 bits per heavy atom. The SMILES string of the molecule is O=C(NC1CC1)C(NCc1ccccc1-c1ccc(CN2CCCC2)cc1)c1ccc(F)cc1. The van der Waals surface area contributed by atoms with E-state index in [-0.39, 0.29) is 17.8 Å². The van der Waals surface area contributed by atoms with E-state index in [4.69, 9.17) is 0 Å². The molecule has 3 aromatic carbocycles. The van der Waals surface area contributed by atoms with Crippen LogP contribution in [0.4, 0.5) is 4.39 Å². The number of likely N-dealkylation sites (tertiary alicyclic amines) is 1. The molecule has 5 rings (SSSR count). The van der Waals surface area contributed by atoms with E-state index < -0.39 is 6.04 Å². The smallest absolute Gasteiger partial charge is 0.241 e. The first-order valence-corrected chi connectivity index (χ1v) is 12.3. The molecule has 3 aromatic rings. The summed E-state index contributed by atoms with van der Waals surface area (Å²) in [5.41, 5.74) is 5.56. The molecule has 0 radical (unpaired) electrons. The van der Waals surface area contributed by atoms with Crippen molar-refractivity contribution in [3.63, 3.8) is 0 Å². The molecular weight excluding hydrogens is 425 g/mol. The molecule has 176 valence electrons. The molecule has 1 heterocycles. The van der Waals surface area contributed by atoms with Gasteiger partial charge in [-0.2, -0.15) is 0 Å². The first-order valence-electron chi connectivity index (χ1n) is 12.3. The van der Waals surface area contributed by atoms with Gasteiger partial charge in [-0.15, -0.1) is 0 Å². The highest BCUT2D eigenvalue weighted by Crippen LogP contribution is 2.26. The fourth-order valence-corrected chi connectivity index (χ4v) is 4.69. The normalized spacial score (nSPS) is 17.0. The number of halogens is 1. The molecular formula is C29H32FN3O. The minimum absolute atomic E-state index is 0.0575. The van der Waals surface area contributed by atoms with Crippen LogP contribution in [0.15, 0.2) is 72.8 Å². The van der Waals surface area contributed by atoms with E-state index in [0.717, 1.165) is 36.1 Å². The van der Waals surface area contributed by atoms with E-state index in [1.807, 2.05) is 12.1 Å². The second-order valence-corrected chi connectivity index (χ2v) is 9.49. The van der Waals surface area contributed by atoms with E-state index in [2.05, 4.69) is 51.9 Å². The minimum atomic E-state index is -0.530. The lowest BCUT2D eigenvalue weighted by Crippen LogP contribution is -2.38. The van der Waals surface area contributed by atoms with Crippen LogP contribution in [0.2, 0.25) is 0 Å². The summed E-state index contributed by atoms with van der Waals surface area (Å²) in [5, 5.41) is 6.52. The Morgan fingerprint density at radius 2 is 1.65 bits per heavy atom. The number of hydrogen-bond acceptors (Lipinski definition) is 3. The van der Waals surface area contributed by atoms with Gasteiger partial charge in [0.15, 0.2) is 0 Å². The van der Waals surface area contributed by atoms with E-state index in [1.165, 1.54) is 49.2 Å². The third kappa shape index (κ3) is 5.72. The Kier molecular flexibility index (Phi) is 7.02. The van der Waals surface area contributed by atoms with Crippen molar-refractivity contribution in [1.82, 2.24) is 15.5 Å². The number of benzene rings is 3. The highest BCUT2D eigenvalue weighted by atomic mass is 19.1. The molecule has 0 aromatic heterocycles. The lowest BCUT2D eigenvalue weighted by Gasteiger charge is -2.20. The maximum Gasteiger partial charge on any atom is 0.241 e. The van der Waals surface area contributed by atoms with Crippen molar-refractivity contribution in [3.05, 3.63) is 95.3 Å². The van der Waals surface area contributed by atoms with Gasteiger partial charge < -0.3 is 5.32 Å². The molecule has 1 unspecified atom stereocenters. The standard InChI is InChI=1S/C29H32FN3O/c30-25-13-11-23(12-14-25)28(29(34)32-26-15-16-26)31-19-24-5-1-2-6-27(24)22-9-7-21(8-10-22)20-33-17-3-4-18-33/h1-2,5-14,26,28,31H,3-4,15-20H2,(H,32,34). The summed E-state index contributed by atoms with van der Waals surface area (Å²) in [5.74, 6) is -0.360. The molecule has 1 saturated carbocycles. The Labute approximate surface area is 201 Å². The molecule has 1 amide bonds. The highest BCUT2D eigenvalue weighted by molar-refractivity contribution is 5.83. The topological polar surface area (TPSA) is 44.4 Å². The van der Waals surface area contributed by atoms with Gasteiger partial charge in [-0.05, 0) is 78.7 Å². The quantitative estimate of drug-likeness (QED) is 0.464.